The molecule has 1 aromatic rings. The first kappa shape index (κ1) is 21.2. The molecular formula is C16H26ClN3O3. The summed E-state index contributed by atoms with van der Waals surface area (Å²) < 4.78 is 5.27. The highest BCUT2D eigenvalue weighted by molar-refractivity contribution is 5.87. The topological polar surface area (TPSA) is 93.5 Å². The lowest BCUT2D eigenvalue weighted by Gasteiger charge is -2.18. The number of nitrogens with one attached hydrogen (secondary N) is 2. The quantitative estimate of drug-likeness (QED) is 0.697. The van der Waals surface area contributed by atoms with E-state index < -0.39 is 6.04 Å². The molecule has 130 valence electrons. The zero-order valence-electron chi connectivity index (χ0n) is 14.0. The second-order valence-corrected chi connectivity index (χ2v) is 5.52. The van der Waals surface area contributed by atoms with Crippen LogP contribution in [0.25, 0.3) is 0 Å². The number of ether oxygens (including phenoxy) is 1. The number of carbonyl (C=O) groups excluding carboxylic acids is 2. The van der Waals surface area contributed by atoms with Gasteiger partial charge >= 0.3 is 0 Å². The third-order valence-electron chi connectivity index (χ3n) is 3.43. The molecule has 0 aliphatic heterocycles. The number of methoxy groups -OCH3 is 1. The van der Waals surface area contributed by atoms with Gasteiger partial charge in [0.05, 0.1) is 25.7 Å². The molecule has 1 unspecified atom stereocenters. The van der Waals surface area contributed by atoms with Crippen molar-refractivity contribution < 1.29 is 14.3 Å². The number of para-hydroxylation sites is 1. The van der Waals surface area contributed by atoms with E-state index in [4.69, 9.17) is 10.5 Å². The fourth-order valence-electron chi connectivity index (χ4n) is 1.98. The van der Waals surface area contributed by atoms with Crippen LogP contribution in [-0.2, 0) is 9.59 Å². The Morgan fingerprint density at radius 2 is 1.83 bits per heavy atom. The van der Waals surface area contributed by atoms with Crippen LogP contribution in [0.3, 0.4) is 0 Å². The molecule has 0 bridgehead atoms. The van der Waals surface area contributed by atoms with Gasteiger partial charge in [-0.05, 0) is 18.9 Å². The first-order valence-electron chi connectivity index (χ1n) is 7.32. The Balaban J connectivity index is 0.00000484. The predicted octanol–water partition coefficient (Wildman–Crippen LogP) is 1.39. The molecule has 0 radical (unpaired) electrons. The molecule has 2 atom stereocenters. The Kier molecular flexibility index (Phi) is 9.29. The van der Waals surface area contributed by atoms with Crippen molar-refractivity contribution in [2.24, 2.45) is 11.7 Å². The smallest absolute Gasteiger partial charge is 0.239 e. The number of hydrogen-bond acceptors (Lipinski definition) is 4. The average Bonchev–Trinajstić information content (AvgIpc) is 2.51. The first-order valence-corrected chi connectivity index (χ1v) is 7.32. The van der Waals surface area contributed by atoms with Gasteiger partial charge < -0.3 is 21.1 Å². The molecule has 0 aromatic heterocycles. The number of rotatable bonds is 7. The van der Waals surface area contributed by atoms with Crippen molar-refractivity contribution in [3.63, 3.8) is 0 Å². The third kappa shape index (κ3) is 6.46. The summed E-state index contributed by atoms with van der Waals surface area (Å²) in [7, 11) is 1.58. The molecule has 1 rings (SSSR count). The Labute approximate surface area is 143 Å². The standard InChI is InChI=1S/C16H25N3O3.ClH/c1-10(2)15(17)16(21)18-9-14(20)19-11(3)12-7-5-6-8-13(12)22-4;/h5-8,10-11,15H,9,17H2,1-4H3,(H,18,21)(H,19,20);1H/t11?,15-;/m0./s1. The van der Waals surface area contributed by atoms with Gasteiger partial charge in [-0.1, -0.05) is 32.0 Å². The summed E-state index contributed by atoms with van der Waals surface area (Å²) in [4.78, 5) is 23.6. The van der Waals surface area contributed by atoms with Gasteiger partial charge in [-0.3, -0.25) is 9.59 Å². The first-order chi connectivity index (χ1) is 10.4. The lowest BCUT2D eigenvalue weighted by molar-refractivity contribution is -0.127. The van der Waals surface area contributed by atoms with Crippen LogP contribution in [0.15, 0.2) is 24.3 Å². The van der Waals surface area contributed by atoms with Crippen molar-refractivity contribution in [3.05, 3.63) is 29.8 Å². The highest BCUT2D eigenvalue weighted by Gasteiger charge is 2.18. The molecule has 23 heavy (non-hydrogen) atoms. The SMILES string of the molecule is COc1ccccc1C(C)NC(=O)CNC(=O)[C@@H](N)C(C)C.Cl. The molecule has 0 heterocycles. The van der Waals surface area contributed by atoms with Gasteiger partial charge in [-0.2, -0.15) is 0 Å². The van der Waals surface area contributed by atoms with Crippen LogP contribution >= 0.6 is 12.4 Å². The van der Waals surface area contributed by atoms with Crippen molar-refractivity contribution in [2.75, 3.05) is 13.7 Å². The zero-order chi connectivity index (χ0) is 16.7. The number of carbonyl (C=O) groups is 2. The summed E-state index contributed by atoms with van der Waals surface area (Å²) >= 11 is 0. The van der Waals surface area contributed by atoms with Gasteiger partial charge in [0.2, 0.25) is 11.8 Å². The third-order valence-corrected chi connectivity index (χ3v) is 3.43. The number of halogens is 1. The molecule has 7 heteroatoms. The minimum absolute atomic E-state index is 0. The molecule has 0 spiro atoms. The fourth-order valence-corrected chi connectivity index (χ4v) is 1.98. The van der Waals surface area contributed by atoms with Crippen LogP contribution in [0.5, 0.6) is 5.75 Å². The molecule has 6 nitrogen and oxygen atoms in total. The highest BCUT2D eigenvalue weighted by atomic mass is 35.5. The van der Waals surface area contributed by atoms with Crippen molar-refractivity contribution in [1.82, 2.24) is 10.6 Å². The van der Waals surface area contributed by atoms with Gasteiger partial charge in [-0.25, -0.2) is 0 Å². The maximum absolute atomic E-state index is 11.9. The molecule has 0 saturated carbocycles. The van der Waals surface area contributed by atoms with Gasteiger partial charge in [0.1, 0.15) is 5.75 Å². The van der Waals surface area contributed by atoms with Crippen molar-refractivity contribution >= 4 is 24.2 Å². The summed E-state index contributed by atoms with van der Waals surface area (Å²) in [5.41, 5.74) is 6.59. The second-order valence-electron chi connectivity index (χ2n) is 5.52. The number of nitrogens with two attached hydrogens (primary N) is 1. The Hall–Kier alpha value is -1.79. The number of benzene rings is 1. The van der Waals surface area contributed by atoms with E-state index in [9.17, 15) is 9.59 Å². The van der Waals surface area contributed by atoms with E-state index >= 15 is 0 Å². The fraction of sp³-hybridized carbons (Fsp3) is 0.500. The Morgan fingerprint density at radius 1 is 1.22 bits per heavy atom. The van der Waals surface area contributed by atoms with Crippen molar-refractivity contribution in [1.29, 1.82) is 0 Å². The molecule has 0 aliphatic rings. The molecule has 0 fully saturated rings. The second kappa shape index (κ2) is 10.1. The Morgan fingerprint density at radius 3 is 2.39 bits per heavy atom. The number of hydrogen-bond donors (Lipinski definition) is 3. The minimum Gasteiger partial charge on any atom is -0.496 e. The predicted molar refractivity (Wildman–Crippen MR) is 92.6 cm³/mol. The normalized spacial score (nSPS) is 12.8. The van der Waals surface area contributed by atoms with Gasteiger partial charge in [-0.15, -0.1) is 12.4 Å². The molecule has 2 amide bonds. The van der Waals surface area contributed by atoms with E-state index in [1.807, 2.05) is 45.0 Å². The van der Waals surface area contributed by atoms with Gasteiger partial charge in [0.25, 0.3) is 0 Å². The van der Waals surface area contributed by atoms with E-state index in [1.54, 1.807) is 7.11 Å². The monoisotopic (exact) mass is 343 g/mol. The highest BCUT2D eigenvalue weighted by Crippen LogP contribution is 2.23. The van der Waals surface area contributed by atoms with E-state index in [2.05, 4.69) is 10.6 Å². The zero-order valence-corrected chi connectivity index (χ0v) is 14.8. The van der Waals surface area contributed by atoms with E-state index in [0.29, 0.717) is 5.75 Å². The summed E-state index contributed by atoms with van der Waals surface area (Å²) in [6.07, 6.45) is 0. The minimum atomic E-state index is -0.612. The van der Waals surface area contributed by atoms with E-state index in [1.165, 1.54) is 0 Å². The van der Waals surface area contributed by atoms with Crippen LogP contribution in [0.1, 0.15) is 32.4 Å². The molecule has 0 saturated heterocycles. The molecule has 1 aromatic carbocycles. The van der Waals surface area contributed by atoms with Gasteiger partial charge in [0.15, 0.2) is 0 Å². The Bertz CT molecular complexity index is 523. The average molecular weight is 344 g/mol. The van der Waals surface area contributed by atoms with Crippen molar-refractivity contribution in [2.45, 2.75) is 32.9 Å². The lowest BCUT2D eigenvalue weighted by Crippen LogP contribution is -2.47. The molecule has 0 aliphatic carbocycles. The van der Waals surface area contributed by atoms with E-state index in [0.717, 1.165) is 5.56 Å². The maximum atomic E-state index is 11.9. The van der Waals surface area contributed by atoms with Crippen molar-refractivity contribution in [3.8, 4) is 5.75 Å². The summed E-state index contributed by atoms with van der Waals surface area (Å²) in [5.74, 6) is 0.134. The van der Waals surface area contributed by atoms with Crippen LogP contribution in [0.4, 0.5) is 0 Å². The number of amides is 2. The summed E-state index contributed by atoms with van der Waals surface area (Å²) in [5, 5.41) is 5.36. The van der Waals surface area contributed by atoms with Gasteiger partial charge in [0, 0.05) is 5.56 Å². The van der Waals surface area contributed by atoms with Crippen LogP contribution in [0, 0.1) is 5.92 Å². The summed E-state index contributed by atoms with van der Waals surface area (Å²) in [6, 6.07) is 6.63. The molecular weight excluding hydrogens is 318 g/mol. The maximum Gasteiger partial charge on any atom is 0.239 e. The van der Waals surface area contributed by atoms with Crippen LogP contribution < -0.4 is 21.1 Å². The van der Waals surface area contributed by atoms with Crippen LogP contribution in [0.2, 0.25) is 0 Å². The largest absolute Gasteiger partial charge is 0.496 e. The molecule has 4 N–H and O–H groups in total. The summed E-state index contributed by atoms with van der Waals surface area (Å²) in [6.45, 7) is 5.47. The van der Waals surface area contributed by atoms with E-state index in [-0.39, 0.29) is 42.7 Å². The lowest BCUT2D eigenvalue weighted by atomic mass is 10.1. The van der Waals surface area contributed by atoms with Crippen LogP contribution in [-0.4, -0.2) is 31.5 Å².